The van der Waals surface area contributed by atoms with Crippen LogP contribution in [-0.4, -0.2) is 87.4 Å². The molecule has 3 aromatic carbocycles. The van der Waals surface area contributed by atoms with Crippen molar-refractivity contribution in [3.05, 3.63) is 89.6 Å². The Hall–Kier alpha value is -5.46. The van der Waals surface area contributed by atoms with Crippen LogP contribution >= 0.6 is 11.6 Å². The second-order valence-corrected chi connectivity index (χ2v) is 15.0. The molecule has 1 aliphatic carbocycles. The van der Waals surface area contributed by atoms with E-state index in [-0.39, 0.29) is 29.5 Å². The summed E-state index contributed by atoms with van der Waals surface area (Å²) in [5.41, 5.74) is 6.32. The van der Waals surface area contributed by atoms with Gasteiger partial charge in [0.1, 0.15) is 29.7 Å². The van der Waals surface area contributed by atoms with Gasteiger partial charge in [0, 0.05) is 43.0 Å². The standard InChI is InChI=1S/C41H40ClN7O5.C2H6/c42-30-22-27(47-17-16-31-36(47)23-32(45-44-31)29-4-1-2-7-37(29)50)12-13-33(30)49-19-18-46(24-39(49)52)26-10-8-25(9-11-26)28-5-3-6-34-40(28)54-21-20-48(34)35-14-15-38(51)43-41(35)53;1-2/h1-7,12-13,16-17,22-23,25-26,35,50H,8-11,14-15,18-21,24H2,(H,43,51,53);1-2H3. The normalized spacial score (nSPS) is 21.6. The molecule has 5 aromatic rings. The zero-order chi connectivity index (χ0) is 38.9. The highest BCUT2D eigenvalue weighted by atomic mass is 35.5. The Labute approximate surface area is 331 Å². The molecular formula is C43H46ClN7O5. The Bertz CT molecular complexity index is 2290. The van der Waals surface area contributed by atoms with E-state index < -0.39 is 0 Å². The summed E-state index contributed by atoms with van der Waals surface area (Å²) in [6.45, 7) is 6.76. The molecule has 5 heterocycles. The minimum absolute atomic E-state index is 0.0334. The van der Waals surface area contributed by atoms with Crippen molar-refractivity contribution in [2.45, 2.75) is 70.4 Å². The number of benzene rings is 3. The van der Waals surface area contributed by atoms with E-state index in [4.69, 9.17) is 16.3 Å². The van der Waals surface area contributed by atoms with Crippen molar-refractivity contribution >= 4 is 51.7 Å². The third-order valence-electron chi connectivity index (χ3n) is 11.5. The zero-order valence-electron chi connectivity index (χ0n) is 31.7. The number of carbonyl (C=O) groups excluding carboxylic acids is 3. The van der Waals surface area contributed by atoms with Crippen LogP contribution in [0.15, 0.2) is 79.0 Å². The molecule has 2 saturated heterocycles. The molecule has 290 valence electrons. The van der Waals surface area contributed by atoms with Crippen molar-refractivity contribution in [3.8, 4) is 28.4 Å². The number of carbonyl (C=O) groups is 3. The van der Waals surface area contributed by atoms with Gasteiger partial charge in [-0.05, 0) is 92.1 Å². The van der Waals surface area contributed by atoms with Crippen LogP contribution in [0.3, 0.4) is 0 Å². The maximum absolute atomic E-state index is 13.7. The SMILES string of the molecule is CC.O=C1CCC(N2CCOc3c(C4CCC(N5CCN(c6ccc(-n7ccc8nnc(-c9ccccc9O)cc87)cc6Cl)C(=O)C5)CC4)cccc32)C(=O)N1. The second-order valence-electron chi connectivity index (χ2n) is 14.6. The Morgan fingerprint density at radius 1 is 0.857 bits per heavy atom. The number of para-hydroxylation sites is 2. The summed E-state index contributed by atoms with van der Waals surface area (Å²) >= 11 is 6.89. The zero-order valence-corrected chi connectivity index (χ0v) is 32.4. The molecule has 1 atom stereocenters. The van der Waals surface area contributed by atoms with E-state index in [9.17, 15) is 19.5 Å². The molecule has 9 rings (SSSR count). The molecule has 4 aliphatic rings. The Morgan fingerprint density at radius 3 is 2.45 bits per heavy atom. The number of ether oxygens (including phenoxy) is 1. The van der Waals surface area contributed by atoms with Crippen LogP contribution in [0.5, 0.6) is 11.5 Å². The van der Waals surface area contributed by atoms with Gasteiger partial charge < -0.3 is 24.2 Å². The van der Waals surface area contributed by atoms with Crippen molar-refractivity contribution in [3.63, 3.8) is 0 Å². The number of aromatic hydroxyl groups is 1. The summed E-state index contributed by atoms with van der Waals surface area (Å²) < 4.78 is 8.23. The van der Waals surface area contributed by atoms with Crippen LogP contribution in [0.1, 0.15) is 63.9 Å². The lowest BCUT2D eigenvalue weighted by Crippen LogP contribution is -2.54. The van der Waals surface area contributed by atoms with Gasteiger partial charge in [-0.2, -0.15) is 0 Å². The molecule has 3 amide bonds. The molecular weight excluding hydrogens is 730 g/mol. The third kappa shape index (κ3) is 7.07. The van der Waals surface area contributed by atoms with Crippen LogP contribution < -0.4 is 19.9 Å². The van der Waals surface area contributed by atoms with E-state index in [0.29, 0.717) is 78.5 Å². The number of phenolic OH excluding ortho intramolecular Hbond substituents is 1. The topological polar surface area (TPSA) is 133 Å². The Morgan fingerprint density at radius 2 is 1.68 bits per heavy atom. The molecule has 56 heavy (non-hydrogen) atoms. The number of amides is 3. The number of piperazine rings is 1. The molecule has 3 fully saturated rings. The monoisotopic (exact) mass is 775 g/mol. The van der Waals surface area contributed by atoms with E-state index in [2.05, 4.69) is 31.4 Å². The summed E-state index contributed by atoms with van der Waals surface area (Å²) in [4.78, 5) is 44.4. The van der Waals surface area contributed by atoms with E-state index >= 15 is 0 Å². The van der Waals surface area contributed by atoms with E-state index in [1.54, 1.807) is 23.1 Å². The molecule has 12 nitrogen and oxygen atoms in total. The molecule has 0 spiro atoms. The fraction of sp³-hybridized carbons (Fsp3) is 0.372. The number of aromatic nitrogens is 3. The van der Waals surface area contributed by atoms with Crippen LogP contribution in [0.25, 0.3) is 28.0 Å². The number of nitrogens with one attached hydrogen (secondary N) is 1. The Balaban J connectivity index is 0.00000217. The first-order valence-corrected chi connectivity index (χ1v) is 20.0. The number of phenols is 1. The van der Waals surface area contributed by atoms with E-state index in [0.717, 1.165) is 54.9 Å². The maximum Gasteiger partial charge on any atom is 0.249 e. The van der Waals surface area contributed by atoms with Crippen LogP contribution in [0, 0.1) is 0 Å². The van der Waals surface area contributed by atoms with Crippen molar-refractivity contribution in [2.24, 2.45) is 0 Å². The van der Waals surface area contributed by atoms with Crippen LogP contribution in [0.2, 0.25) is 5.02 Å². The maximum atomic E-state index is 13.7. The lowest BCUT2D eigenvalue weighted by molar-refractivity contribution is -0.134. The lowest BCUT2D eigenvalue weighted by atomic mass is 9.80. The van der Waals surface area contributed by atoms with Crippen molar-refractivity contribution in [1.29, 1.82) is 0 Å². The number of nitrogens with zero attached hydrogens (tertiary/aromatic N) is 6. The van der Waals surface area contributed by atoms with Crippen molar-refractivity contribution in [1.82, 2.24) is 25.0 Å². The molecule has 1 unspecified atom stereocenters. The predicted molar refractivity (Wildman–Crippen MR) is 217 cm³/mol. The third-order valence-corrected chi connectivity index (χ3v) is 11.8. The first-order valence-electron chi connectivity index (χ1n) is 19.7. The van der Waals surface area contributed by atoms with Gasteiger partial charge in [-0.3, -0.25) is 24.6 Å². The molecule has 0 radical (unpaired) electrons. The quantitative estimate of drug-likeness (QED) is 0.178. The number of piperidine rings is 1. The van der Waals surface area contributed by atoms with Gasteiger partial charge in [0.05, 0.1) is 40.7 Å². The van der Waals surface area contributed by atoms with Gasteiger partial charge in [0.15, 0.2) is 0 Å². The van der Waals surface area contributed by atoms with Crippen molar-refractivity contribution in [2.75, 3.05) is 42.6 Å². The van der Waals surface area contributed by atoms with Gasteiger partial charge in [0.2, 0.25) is 17.7 Å². The molecule has 1 saturated carbocycles. The number of anilines is 2. The first-order chi connectivity index (χ1) is 27.3. The summed E-state index contributed by atoms with van der Waals surface area (Å²) in [6, 6.07) is 22.7. The molecule has 0 bridgehead atoms. The fourth-order valence-corrected chi connectivity index (χ4v) is 9.04. The number of hydrogen-bond donors (Lipinski definition) is 2. The van der Waals surface area contributed by atoms with Gasteiger partial charge in [-0.1, -0.05) is 49.7 Å². The highest BCUT2D eigenvalue weighted by Gasteiger charge is 2.38. The number of imide groups is 1. The number of rotatable bonds is 6. The van der Waals surface area contributed by atoms with Crippen LogP contribution in [0.4, 0.5) is 11.4 Å². The molecule has 2 aromatic heterocycles. The van der Waals surface area contributed by atoms with Gasteiger partial charge >= 0.3 is 0 Å². The predicted octanol–water partition coefficient (Wildman–Crippen LogP) is 6.85. The van der Waals surface area contributed by atoms with Crippen LogP contribution in [-0.2, 0) is 14.4 Å². The minimum Gasteiger partial charge on any atom is -0.507 e. The number of fused-ring (bicyclic) bond motifs is 2. The minimum atomic E-state index is -0.374. The fourth-order valence-electron chi connectivity index (χ4n) is 8.77. The van der Waals surface area contributed by atoms with Gasteiger partial charge in [0.25, 0.3) is 0 Å². The van der Waals surface area contributed by atoms with Gasteiger partial charge in [-0.25, -0.2) is 0 Å². The number of halogens is 1. The molecule has 13 heteroatoms. The summed E-state index contributed by atoms with van der Waals surface area (Å²) in [5.74, 6) is 0.911. The average Bonchev–Trinajstić information content (AvgIpc) is 3.65. The second kappa shape index (κ2) is 16.0. The summed E-state index contributed by atoms with van der Waals surface area (Å²) in [7, 11) is 0. The largest absolute Gasteiger partial charge is 0.507 e. The van der Waals surface area contributed by atoms with Gasteiger partial charge in [-0.15, -0.1) is 10.2 Å². The van der Waals surface area contributed by atoms with Crippen molar-refractivity contribution < 1.29 is 24.2 Å². The smallest absolute Gasteiger partial charge is 0.249 e. The highest BCUT2D eigenvalue weighted by molar-refractivity contribution is 6.34. The average molecular weight is 776 g/mol. The number of hydrogen-bond acceptors (Lipinski definition) is 9. The summed E-state index contributed by atoms with van der Waals surface area (Å²) in [6.07, 6.45) is 6.69. The lowest BCUT2D eigenvalue weighted by Gasteiger charge is -2.42. The molecule has 3 aliphatic heterocycles. The van der Waals surface area contributed by atoms with E-state index in [1.807, 2.05) is 73.1 Å². The Kier molecular flexibility index (Phi) is 10.7. The van der Waals surface area contributed by atoms with E-state index in [1.165, 1.54) is 5.56 Å². The molecule has 2 N–H and O–H groups in total. The summed E-state index contributed by atoms with van der Waals surface area (Å²) in [5, 5.41) is 22.0. The highest BCUT2D eigenvalue weighted by Crippen LogP contribution is 2.45. The first kappa shape index (κ1) is 37.5.